The number of halogens is 2. The maximum Gasteiger partial charge on any atom is 0.341 e. The van der Waals surface area contributed by atoms with Crippen LogP contribution in [-0.2, 0) is 11.2 Å². The highest BCUT2D eigenvalue weighted by Gasteiger charge is 2.22. The lowest BCUT2D eigenvalue weighted by atomic mass is 9.96. The Morgan fingerprint density at radius 3 is 2.46 bits per heavy atom. The van der Waals surface area contributed by atoms with Gasteiger partial charge in [-0.2, -0.15) is 0 Å². The third kappa shape index (κ3) is 6.44. The molecule has 2 N–H and O–H groups in total. The van der Waals surface area contributed by atoms with E-state index in [0.717, 1.165) is 24.5 Å². The quantitative estimate of drug-likeness (QED) is 0.389. The van der Waals surface area contributed by atoms with Crippen LogP contribution in [-0.4, -0.2) is 65.2 Å². The topological polar surface area (TPSA) is 121 Å². The van der Waals surface area contributed by atoms with Crippen LogP contribution in [0.5, 0.6) is 5.75 Å². The van der Waals surface area contributed by atoms with Crippen molar-refractivity contribution < 1.29 is 24.2 Å². The molecule has 4 rings (SSSR count). The molecule has 3 aromatic rings. The average molecular weight is 541 g/mol. The number of amidine groups is 1. The minimum atomic E-state index is -1.22. The van der Waals surface area contributed by atoms with Crippen molar-refractivity contribution in [3.8, 4) is 5.75 Å². The molecule has 0 fully saturated rings. The van der Waals surface area contributed by atoms with Crippen LogP contribution in [0.4, 0.5) is 5.82 Å². The number of aliphatic carboxylic acids is 1. The van der Waals surface area contributed by atoms with Crippen molar-refractivity contribution in [3.05, 3.63) is 87.0 Å². The second-order valence-corrected chi connectivity index (χ2v) is 9.11. The number of aromatic nitrogens is 1. The van der Waals surface area contributed by atoms with E-state index in [9.17, 15) is 14.4 Å². The van der Waals surface area contributed by atoms with Crippen LogP contribution in [0.1, 0.15) is 31.8 Å². The fourth-order valence-electron chi connectivity index (χ4n) is 3.81. The number of rotatable bonds is 9. The molecule has 0 saturated heterocycles. The Balaban J connectivity index is 1.64. The lowest BCUT2D eigenvalue weighted by Gasteiger charge is -2.16. The van der Waals surface area contributed by atoms with Crippen molar-refractivity contribution in [2.24, 2.45) is 4.99 Å². The van der Waals surface area contributed by atoms with Gasteiger partial charge in [0, 0.05) is 53.5 Å². The van der Waals surface area contributed by atoms with Gasteiger partial charge in [0.15, 0.2) is 12.4 Å². The molecule has 2 heterocycles. The van der Waals surface area contributed by atoms with Crippen LogP contribution < -0.4 is 10.1 Å². The highest BCUT2D eigenvalue weighted by atomic mass is 35.5. The molecule has 0 spiro atoms. The van der Waals surface area contributed by atoms with Crippen LogP contribution in [0, 0.1) is 0 Å². The lowest BCUT2D eigenvalue weighted by Crippen LogP contribution is -2.23. The molecule has 0 radical (unpaired) electrons. The van der Waals surface area contributed by atoms with Crippen molar-refractivity contribution in [2.45, 2.75) is 6.42 Å². The number of amides is 1. The van der Waals surface area contributed by atoms with Gasteiger partial charge in [0.05, 0.1) is 11.6 Å². The van der Waals surface area contributed by atoms with Crippen LogP contribution >= 0.6 is 23.2 Å². The second-order valence-electron chi connectivity index (χ2n) is 8.23. The number of aliphatic imine (C=N–C) groups is 1. The molecule has 0 bridgehead atoms. The summed E-state index contributed by atoms with van der Waals surface area (Å²) in [5.74, 6) is -1.00. The van der Waals surface area contributed by atoms with E-state index >= 15 is 0 Å². The highest BCUT2D eigenvalue weighted by molar-refractivity contribution is 6.31. The number of carbonyl (C=O) groups is 3. The number of nitrogens with one attached hydrogen (secondary N) is 1. The van der Waals surface area contributed by atoms with Gasteiger partial charge in [-0.15, -0.1) is 0 Å². The fourth-order valence-corrected chi connectivity index (χ4v) is 4.13. The third-order valence-electron chi connectivity index (χ3n) is 5.60. The number of nitrogens with zero attached hydrogens (tertiary/aromatic N) is 3. The summed E-state index contributed by atoms with van der Waals surface area (Å²) in [4.78, 5) is 48.1. The van der Waals surface area contributed by atoms with Crippen LogP contribution in [0.2, 0.25) is 10.0 Å². The van der Waals surface area contributed by atoms with Gasteiger partial charge < -0.3 is 20.1 Å². The molecule has 1 aliphatic heterocycles. The van der Waals surface area contributed by atoms with Gasteiger partial charge in [-0.25, -0.2) is 9.78 Å². The molecule has 1 amide bonds. The van der Waals surface area contributed by atoms with Gasteiger partial charge in [-0.3, -0.25) is 14.6 Å². The van der Waals surface area contributed by atoms with E-state index < -0.39 is 18.5 Å². The van der Waals surface area contributed by atoms with Crippen molar-refractivity contribution in [2.75, 3.05) is 32.1 Å². The first-order chi connectivity index (χ1) is 17.7. The van der Waals surface area contributed by atoms with Crippen molar-refractivity contribution in [1.29, 1.82) is 0 Å². The lowest BCUT2D eigenvalue weighted by molar-refractivity contribution is -0.139. The van der Waals surface area contributed by atoms with Gasteiger partial charge in [-0.05, 0) is 24.3 Å². The van der Waals surface area contributed by atoms with Crippen LogP contribution in [0.15, 0.2) is 59.7 Å². The summed E-state index contributed by atoms with van der Waals surface area (Å²) in [5, 5.41) is 12.3. The smallest absolute Gasteiger partial charge is 0.341 e. The summed E-state index contributed by atoms with van der Waals surface area (Å²) in [7, 11) is 1.95. The van der Waals surface area contributed by atoms with E-state index in [4.69, 9.17) is 33.0 Å². The van der Waals surface area contributed by atoms with Gasteiger partial charge in [-0.1, -0.05) is 47.5 Å². The van der Waals surface area contributed by atoms with E-state index in [2.05, 4.69) is 15.3 Å². The minimum Gasteiger partial charge on any atom is -0.482 e. The first kappa shape index (κ1) is 26.1. The Bertz CT molecular complexity index is 1370. The Hall–Kier alpha value is -3.95. The summed E-state index contributed by atoms with van der Waals surface area (Å²) >= 11 is 12.1. The molecule has 0 atom stereocenters. The monoisotopic (exact) mass is 540 g/mol. The number of hydrogen-bond donors (Lipinski definition) is 2. The van der Waals surface area contributed by atoms with E-state index in [1.165, 1.54) is 24.4 Å². The number of benzene rings is 2. The molecule has 9 nitrogen and oxygen atoms in total. The van der Waals surface area contributed by atoms with Crippen molar-refractivity contribution in [1.82, 2.24) is 9.88 Å². The highest BCUT2D eigenvalue weighted by Crippen LogP contribution is 2.30. The number of carbonyl (C=O) groups excluding carboxylic acids is 2. The predicted molar refractivity (Wildman–Crippen MR) is 140 cm³/mol. The number of carboxylic acids is 1. The summed E-state index contributed by atoms with van der Waals surface area (Å²) < 4.78 is 5.40. The minimum absolute atomic E-state index is 0.0241. The van der Waals surface area contributed by atoms with Crippen LogP contribution in [0.3, 0.4) is 0 Å². The zero-order valence-electron chi connectivity index (χ0n) is 19.7. The molecular formula is C26H22Cl2N4O5. The summed E-state index contributed by atoms with van der Waals surface area (Å²) in [6, 6.07) is 12.9. The van der Waals surface area contributed by atoms with E-state index in [1.54, 1.807) is 18.2 Å². The first-order valence-electron chi connectivity index (χ1n) is 11.2. The largest absolute Gasteiger partial charge is 0.482 e. The normalized spacial score (nSPS) is 12.7. The number of ketones is 1. The molecule has 0 aliphatic carbocycles. The Morgan fingerprint density at radius 2 is 1.84 bits per heavy atom. The number of carboxylic acid groups (broad SMARTS) is 1. The molecule has 190 valence electrons. The number of likely N-dealkylation sites (N-methyl/N-ethyl adjacent to an activating group) is 1. The van der Waals surface area contributed by atoms with E-state index in [1.807, 2.05) is 24.1 Å². The van der Waals surface area contributed by atoms with E-state index in [0.29, 0.717) is 10.6 Å². The second kappa shape index (κ2) is 11.4. The molecule has 1 aliphatic rings. The zero-order chi connectivity index (χ0) is 26.5. The Labute approximate surface area is 222 Å². The SMILES string of the molecule is CN1CCN=C1c1ccc(C(=O)Cc2c(OCC(=O)O)cc(Cl)cc2C(=O)Nc2ccc(Cl)cn2)cc1. The Morgan fingerprint density at radius 1 is 1.08 bits per heavy atom. The summed E-state index contributed by atoms with van der Waals surface area (Å²) in [5.41, 5.74) is 1.56. The standard InChI is InChI=1S/C26H22Cl2N4O5/c1-32-9-8-29-25(32)16-4-2-15(3-5-16)21(33)12-19-20(10-18(28)11-22(19)37-14-24(34)35)26(36)31-23-7-6-17(27)13-30-23/h2-7,10-11,13H,8-9,12,14H2,1H3,(H,34,35)(H,30,31,36). The molecule has 0 unspecified atom stereocenters. The van der Waals surface area contributed by atoms with Gasteiger partial charge in [0.2, 0.25) is 0 Å². The first-order valence-corrected chi connectivity index (χ1v) is 12.0. The predicted octanol–water partition coefficient (Wildman–Crippen LogP) is 4.22. The van der Waals surface area contributed by atoms with Gasteiger partial charge >= 0.3 is 5.97 Å². The average Bonchev–Trinajstić information content (AvgIpc) is 3.30. The number of Topliss-reactive ketones (excluding diaryl/α,β-unsaturated/α-hetero) is 1. The molecule has 2 aromatic carbocycles. The summed E-state index contributed by atoms with van der Waals surface area (Å²) in [6.45, 7) is 0.881. The summed E-state index contributed by atoms with van der Waals surface area (Å²) in [6.07, 6.45) is 1.14. The fraction of sp³-hybridized carbons (Fsp3) is 0.192. The van der Waals surface area contributed by atoms with Crippen molar-refractivity contribution in [3.63, 3.8) is 0 Å². The molecular weight excluding hydrogens is 519 g/mol. The van der Waals surface area contributed by atoms with E-state index in [-0.39, 0.29) is 39.9 Å². The maximum atomic E-state index is 13.3. The molecule has 1 aromatic heterocycles. The number of hydrogen-bond acceptors (Lipinski definition) is 7. The van der Waals surface area contributed by atoms with Crippen LogP contribution in [0.25, 0.3) is 0 Å². The maximum absolute atomic E-state index is 13.3. The number of pyridine rings is 1. The third-order valence-corrected chi connectivity index (χ3v) is 6.04. The van der Waals surface area contributed by atoms with Gasteiger partial charge in [0.1, 0.15) is 17.4 Å². The number of anilines is 1. The zero-order valence-corrected chi connectivity index (χ0v) is 21.2. The Kier molecular flexibility index (Phi) is 8.05. The van der Waals surface area contributed by atoms with Gasteiger partial charge in [0.25, 0.3) is 5.91 Å². The number of ether oxygens (including phenoxy) is 1. The molecule has 0 saturated carbocycles. The molecule has 11 heteroatoms. The van der Waals surface area contributed by atoms with Crippen molar-refractivity contribution >= 4 is 52.5 Å². The molecule has 37 heavy (non-hydrogen) atoms.